The molecule has 1 aromatic carbocycles. The molecule has 2 N–H and O–H groups in total. The number of aromatic amines is 1. The third-order valence-electron chi connectivity index (χ3n) is 6.63. The minimum atomic E-state index is -0.654. The molecule has 188 valence electrons. The van der Waals surface area contributed by atoms with E-state index in [2.05, 4.69) is 38.0 Å². The van der Waals surface area contributed by atoms with Crippen LogP contribution in [0.2, 0.25) is 0 Å². The number of thioether (sulfide) groups is 1. The lowest BCUT2D eigenvalue weighted by Crippen LogP contribution is -2.37. The number of hydrogen-bond donors (Lipinski definition) is 2. The number of H-pyrrole nitrogens is 1. The second-order valence-corrected chi connectivity index (χ2v) is 11.2. The summed E-state index contributed by atoms with van der Waals surface area (Å²) in [6, 6.07) is 3.51. The first-order valence-corrected chi connectivity index (χ1v) is 12.6. The third-order valence-corrected chi connectivity index (χ3v) is 7.79. The average Bonchev–Trinajstić information content (AvgIpc) is 2.80. The van der Waals surface area contributed by atoms with Crippen molar-refractivity contribution in [1.29, 1.82) is 0 Å². The van der Waals surface area contributed by atoms with E-state index >= 15 is 0 Å². The molecule has 1 aliphatic carbocycles. The van der Waals surface area contributed by atoms with E-state index in [0.717, 1.165) is 12.1 Å². The van der Waals surface area contributed by atoms with Gasteiger partial charge < -0.3 is 24.5 Å². The molecule has 0 saturated carbocycles. The molecular weight excluding hydrogens is 466 g/mol. The summed E-state index contributed by atoms with van der Waals surface area (Å²) in [5.41, 5.74) is 1.95. The lowest BCUT2D eigenvalue weighted by Gasteiger charge is -2.39. The van der Waals surface area contributed by atoms with Crippen molar-refractivity contribution >= 4 is 23.4 Å². The predicted octanol–water partition coefficient (Wildman–Crippen LogP) is 4.89. The molecule has 0 saturated heterocycles. The molecule has 2 unspecified atom stereocenters. The lowest BCUT2D eigenvalue weighted by atomic mass is 9.69. The quantitative estimate of drug-likeness (QED) is 0.410. The Morgan fingerprint density at radius 1 is 1.09 bits per heavy atom. The van der Waals surface area contributed by atoms with Crippen molar-refractivity contribution in [1.82, 2.24) is 9.97 Å². The Kier molecular flexibility index (Phi) is 6.90. The lowest BCUT2D eigenvalue weighted by molar-refractivity contribution is -0.118. The van der Waals surface area contributed by atoms with E-state index in [-0.39, 0.29) is 16.8 Å². The summed E-state index contributed by atoms with van der Waals surface area (Å²) < 4.78 is 16.7. The third kappa shape index (κ3) is 4.66. The molecule has 4 rings (SSSR count). The minimum absolute atomic E-state index is 0.00805. The van der Waals surface area contributed by atoms with Crippen LogP contribution in [-0.4, -0.2) is 42.3 Å². The Morgan fingerprint density at radius 3 is 2.37 bits per heavy atom. The number of ketones is 1. The van der Waals surface area contributed by atoms with Crippen LogP contribution in [0.25, 0.3) is 0 Å². The zero-order valence-corrected chi connectivity index (χ0v) is 22.1. The zero-order chi connectivity index (χ0) is 25.5. The van der Waals surface area contributed by atoms with E-state index in [9.17, 15) is 9.59 Å². The molecule has 1 aliphatic heterocycles. The van der Waals surface area contributed by atoms with Gasteiger partial charge in [0.1, 0.15) is 11.6 Å². The smallest absolute Gasteiger partial charge is 0.257 e. The van der Waals surface area contributed by atoms with Crippen LogP contribution in [0.1, 0.15) is 64.0 Å². The fourth-order valence-electron chi connectivity index (χ4n) is 4.81. The van der Waals surface area contributed by atoms with Crippen LogP contribution in [-0.2, 0) is 4.79 Å². The van der Waals surface area contributed by atoms with Crippen molar-refractivity contribution in [2.75, 3.05) is 26.6 Å². The van der Waals surface area contributed by atoms with Gasteiger partial charge in [-0.2, -0.15) is 0 Å². The number of Topliss-reactive ketones (excluding diaryl/α,β-unsaturated/α-hetero) is 1. The first-order chi connectivity index (χ1) is 16.6. The molecule has 0 radical (unpaired) electrons. The summed E-state index contributed by atoms with van der Waals surface area (Å²) in [6.07, 6.45) is 2.01. The molecule has 35 heavy (non-hydrogen) atoms. The summed E-state index contributed by atoms with van der Waals surface area (Å²) in [5, 5.41) is 4.22. The molecule has 2 aromatic rings. The van der Waals surface area contributed by atoms with E-state index in [1.807, 2.05) is 0 Å². The number of methoxy groups -OCH3 is 3. The SMILES string of the molecule is CCC(C)Sc1nc2c(c(=O)[nH]1)C(c1cc(OC)c(OC)cc1OC)C1=C(CC(C)(C)CC1=O)N2. The van der Waals surface area contributed by atoms with E-state index in [1.165, 1.54) is 11.8 Å². The van der Waals surface area contributed by atoms with Crippen LogP contribution in [0.5, 0.6) is 17.2 Å². The van der Waals surface area contributed by atoms with Gasteiger partial charge in [0.25, 0.3) is 5.56 Å². The summed E-state index contributed by atoms with van der Waals surface area (Å²) in [7, 11) is 4.66. The number of aromatic nitrogens is 2. The largest absolute Gasteiger partial charge is 0.496 e. The molecule has 2 atom stereocenters. The topological polar surface area (TPSA) is 103 Å². The Hall–Kier alpha value is -2.94. The molecule has 0 amide bonds. The Labute approximate surface area is 209 Å². The number of nitrogens with zero attached hydrogens (tertiary/aromatic N) is 1. The number of carbonyl (C=O) groups excluding carboxylic acids is 1. The molecule has 2 aliphatic rings. The van der Waals surface area contributed by atoms with E-state index in [4.69, 9.17) is 19.2 Å². The monoisotopic (exact) mass is 499 g/mol. The van der Waals surface area contributed by atoms with Gasteiger partial charge in [0.2, 0.25) is 0 Å². The normalized spacial score (nSPS) is 19.4. The van der Waals surface area contributed by atoms with Crippen molar-refractivity contribution in [3.8, 4) is 17.2 Å². The minimum Gasteiger partial charge on any atom is -0.496 e. The highest BCUT2D eigenvalue weighted by Crippen LogP contribution is 2.51. The highest BCUT2D eigenvalue weighted by molar-refractivity contribution is 7.99. The molecule has 0 fully saturated rings. The van der Waals surface area contributed by atoms with Crippen LogP contribution in [0.3, 0.4) is 0 Å². The van der Waals surface area contributed by atoms with Crippen LogP contribution < -0.4 is 25.1 Å². The number of fused-ring (bicyclic) bond motifs is 1. The second-order valence-electron chi connectivity index (χ2n) is 9.81. The number of hydrogen-bond acceptors (Lipinski definition) is 8. The number of benzene rings is 1. The standard InChI is InChI=1S/C26H33N3O5S/c1-8-13(2)35-25-28-23-22(24(31)29-25)20(21-15(27-23)11-26(3,4)12-16(21)30)14-9-18(33-6)19(34-7)10-17(14)32-5/h9-10,13,20H,8,11-12H2,1-7H3,(H2,27,28,29,31). The molecule has 0 bridgehead atoms. The summed E-state index contributed by atoms with van der Waals surface area (Å²) in [4.78, 5) is 34.8. The summed E-state index contributed by atoms with van der Waals surface area (Å²) in [6.45, 7) is 8.34. The van der Waals surface area contributed by atoms with E-state index < -0.39 is 5.92 Å². The first kappa shape index (κ1) is 25.2. The Morgan fingerprint density at radius 2 is 1.74 bits per heavy atom. The molecular formula is C26H33N3O5S. The Balaban J connectivity index is 1.99. The van der Waals surface area contributed by atoms with Crippen molar-refractivity contribution in [3.05, 3.63) is 44.9 Å². The van der Waals surface area contributed by atoms with Crippen LogP contribution in [0.15, 0.2) is 33.4 Å². The Bertz CT molecular complexity index is 1250. The van der Waals surface area contributed by atoms with Gasteiger partial charge in [0.15, 0.2) is 22.4 Å². The van der Waals surface area contributed by atoms with Crippen LogP contribution in [0, 0.1) is 5.41 Å². The maximum atomic E-state index is 13.5. The highest BCUT2D eigenvalue weighted by atomic mass is 32.2. The number of allylic oxidation sites excluding steroid dienone is 2. The average molecular weight is 500 g/mol. The fourth-order valence-corrected chi connectivity index (χ4v) is 5.66. The van der Waals surface area contributed by atoms with Gasteiger partial charge in [-0.15, -0.1) is 0 Å². The van der Waals surface area contributed by atoms with Gasteiger partial charge in [-0.3, -0.25) is 9.59 Å². The predicted molar refractivity (Wildman–Crippen MR) is 137 cm³/mol. The molecule has 2 heterocycles. The molecule has 8 nitrogen and oxygen atoms in total. The van der Waals surface area contributed by atoms with Gasteiger partial charge in [-0.05, 0) is 24.3 Å². The molecule has 0 spiro atoms. The summed E-state index contributed by atoms with van der Waals surface area (Å²) in [5.74, 6) is 1.32. The van der Waals surface area contributed by atoms with Crippen molar-refractivity contribution < 1.29 is 19.0 Å². The maximum Gasteiger partial charge on any atom is 0.257 e. The summed E-state index contributed by atoms with van der Waals surface area (Å²) >= 11 is 1.53. The number of ether oxygens (including phenoxy) is 3. The zero-order valence-electron chi connectivity index (χ0n) is 21.3. The number of nitrogens with one attached hydrogen (secondary N) is 2. The van der Waals surface area contributed by atoms with Gasteiger partial charge >= 0.3 is 0 Å². The van der Waals surface area contributed by atoms with Crippen molar-refractivity contribution in [2.45, 2.75) is 63.3 Å². The van der Waals surface area contributed by atoms with Gasteiger partial charge in [0.05, 0.1) is 32.8 Å². The molecule has 9 heteroatoms. The van der Waals surface area contributed by atoms with E-state index in [1.54, 1.807) is 33.5 Å². The van der Waals surface area contributed by atoms with E-state index in [0.29, 0.717) is 63.0 Å². The van der Waals surface area contributed by atoms with Gasteiger partial charge in [0, 0.05) is 34.6 Å². The second kappa shape index (κ2) is 9.60. The van der Waals surface area contributed by atoms with Gasteiger partial charge in [-0.1, -0.05) is 39.5 Å². The molecule has 1 aromatic heterocycles. The van der Waals surface area contributed by atoms with Crippen LogP contribution >= 0.6 is 11.8 Å². The van der Waals surface area contributed by atoms with Crippen molar-refractivity contribution in [2.24, 2.45) is 5.41 Å². The number of anilines is 1. The van der Waals surface area contributed by atoms with Crippen LogP contribution in [0.4, 0.5) is 5.82 Å². The maximum absolute atomic E-state index is 13.5. The number of rotatable bonds is 7. The fraction of sp³-hybridized carbons (Fsp3) is 0.500. The highest BCUT2D eigenvalue weighted by Gasteiger charge is 2.43. The van der Waals surface area contributed by atoms with Crippen molar-refractivity contribution in [3.63, 3.8) is 0 Å². The van der Waals surface area contributed by atoms with Gasteiger partial charge in [-0.25, -0.2) is 4.98 Å². The number of carbonyl (C=O) groups is 1. The first-order valence-electron chi connectivity index (χ1n) is 11.8.